The van der Waals surface area contributed by atoms with Crippen molar-refractivity contribution >= 4 is 21.2 Å². The van der Waals surface area contributed by atoms with Crippen LogP contribution in [0.25, 0.3) is 11.2 Å². The molecule has 0 spiro atoms. The van der Waals surface area contributed by atoms with E-state index in [0.29, 0.717) is 19.0 Å². The van der Waals surface area contributed by atoms with Crippen LogP contribution in [0.3, 0.4) is 0 Å². The lowest BCUT2D eigenvalue weighted by molar-refractivity contribution is 0.244. The first-order chi connectivity index (χ1) is 13.5. The second-order valence-corrected chi connectivity index (χ2v) is 9.83. The van der Waals surface area contributed by atoms with Gasteiger partial charge in [-0.3, -0.25) is 0 Å². The molecule has 1 saturated carbocycles. The minimum absolute atomic E-state index is 0.129. The number of sulfonamides is 1. The Hall–Kier alpha value is -2.26. The first-order valence-electron chi connectivity index (χ1n) is 9.81. The van der Waals surface area contributed by atoms with Crippen LogP contribution >= 0.6 is 0 Å². The third-order valence-corrected chi connectivity index (χ3v) is 7.43. The van der Waals surface area contributed by atoms with Gasteiger partial charge in [0.15, 0.2) is 10.7 Å². The third kappa shape index (κ3) is 3.12. The summed E-state index contributed by atoms with van der Waals surface area (Å²) in [6.45, 7) is 1.82. The summed E-state index contributed by atoms with van der Waals surface area (Å²) >= 11 is 0. The maximum absolute atomic E-state index is 13.0. The van der Waals surface area contributed by atoms with Gasteiger partial charge in [-0.2, -0.15) is 4.31 Å². The van der Waals surface area contributed by atoms with Gasteiger partial charge in [-0.25, -0.2) is 23.4 Å². The van der Waals surface area contributed by atoms with Crippen LogP contribution in [0.15, 0.2) is 35.9 Å². The van der Waals surface area contributed by atoms with Gasteiger partial charge < -0.3 is 9.13 Å². The van der Waals surface area contributed by atoms with E-state index in [0.717, 1.165) is 36.4 Å². The van der Waals surface area contributed by atoms with Gasteiger partial charge in [-0.05, 0) is 43.7 Å². The molecule has 28 heavy (non-hydrogen) atoms. The highest BCUT2D eigenvalue weighted by Crippen LogP contribution is 2.41. The van der Waals surface area contributed by atoms with Gasteiger partial charge in [0.1, 0.15) is 11.3 Å². The fraction of sp³-hybridized carbons (Fsp3) is 0.526. The molecule has 8 nitrogen and oxygen atoms in total. The van der Waals surface area contributed by atoms with Crippen LogP contribution in [-0.4, -0.2) is 49.9 Å². The first kappa shape index (κ1) is 17.8. The predicted octanol–water partition coefficient (Wildman–Crippen LogP) is 2.14. The predicted molar refractivity (Wildman–Crippen MR) is 104 cm³/mol. The lowest BCUT2D eigenvalue weighted by Gasteiger charge is -2.31. The number of aromatic nitrogens is 5. The normalized spacial score (nSPS) is 21.4. The van der Waals surface area contributed by atoms with Gasteiger partial charge in [-0.1, -0.05) is 0 Å². The molecule has 3 aromatic rings. The summed E-state index contributed by atoms with van der Waals surface area (Å²) in [6, 6.07) is 3.92. The van der Waals surface area contributed by atoms with Crippen molar-refractivity contribution in [3.05, 3.63) is 36.7 Å². The molecule has 1 aliphatic carbocycles. The molecule has 4 heterocycles. The van der Waals surface area contributed by atoms with Crippen LogP contribution in [0.1, 0.15) is 37.4 Å². The van der Waals surface area contributed by atoms with Crippen molar-refractivity contribution in [3.63, 3.8) is 0 Å². The van der Waals surface area contributed by atoms with E-state index < -0.39 is 10.0 Å². The molecule has 0 bridgehead atoms. The lowest BCUT2D eigenvalue weighted by Crippen LogP contribution is -2.41. The van der Waals surface area contributed by atoms with Crippen LogP contribution in [0.2, 0.25) is 0 Å². The van der Waals surface area contributed by atoms with Gasteiger partial charge in [0.25, 0.3) is 10.0 Å². The summed E-state index contributed by atoms with van der Waals surface area (Å²) in [6.07, 6.45) is 9.11. The number of hydrogen-bond donors (Lipinski definition) is 0. The SMILES string of the molecule is Cn1cnc(S(=O)(=O)N2CCCC(Cn3c(C4CC4)nc4cccnc43)C2)c1. The Morgan fingerprint density at radius 3 is 2.82 bits per heavy atom. The third-order valence-electron chi connectivity index (χ3n) is 5.68. The number of rotatable bonds is 5. The fourth-order valence-electron chi connectivity index (χ4n) is 4.12. The molecule has 0 N–H and O–H groups in total. The second kappa shape index (κ2) is 6.66. The van der Waals surface area contributed by atoms with Gasteiger partial charge in [-0.15, -0.1) is 0 Å². The molecular weight excluding hydrogens is 376 g/mol. The molecule has 9 heteroatoms. The quantitative estimate of drug-likeness (QED) is 0.655. The topological polar surface area (TPSA) is 85.9 Å². The van der Waals surface area contributed by atoms with Crippen molar-refractivity contribution < 1.29 is 8.42 Å². The van der Waals surface area contributed by atoms with Crippen molar-refractivity contribution in [1.82, 2.24) is 28.4 Å². The number of fused-ring (bicyclic) bond motifs is 1. The molecule has 1 atom stereocenters. The molecular formula is C19H24N6O2S. The summed E-state index contributed by atoms with van der Waals surface area (Å²) in [5.74, 6) is 1.87. The smallest absolute Gasteiger partial charge is 0.262 e. The standard InChI is InChI=1S/C19H24N6O2S/c1-23-12-17(21-13-23)28(26,27)24-9-3-4-14(10-24)11-25-18(15-6-7-15)22-16-5-2-8-20-19(16)25/h2,5,8,12-15H,3-4,6-7,9-11H2,1H3. The zero-order valence-electron chi connectivity index (χ0n) is 15.9. The molecule has 1 saturated heterocycles. The van der Waals surface area contributed by atoms with Crippen molar-refractivity contribution in [2.75, 3.05) is 13.1 Å². The molecule has 148 valence electrons. The molecule has 2 fully saturated rings. The van der Waals surface area contributed by atoms with E-state index in [1.807, 2.05) is 12.1 Å². The first-order valence-corrected chi connectivity index (χ1v) is 11.3. The van der Waals surface area contributed by atoms with Crippen molar-refractivity contribution in [1.29, 1.82) is 0 Å². The molecule has 2 aliphatic rings. The largest absolute Gasteiger partial charge is 0.339 e. The zero-order valence-corrected chi connectivity index (χ0v) is 16.7. The highest BCUT2D eigenvalue weighted by Gasteiger charge is 2.34. The maximum atomic E-state index is 13.0. The molecule has 5 rings (SSSR count). The zero-order chi connectivity index (χ0) is 19.3. The summed E-state index contributed by atoms with van der Waals surface area (Å²) in [4.78, 5) is 13.4. The fourth-order valence-corrected chi connectivity index (χ4v) is 5.64. The van der Waals surface area contributed by atoms with Crippen LogP contribution in [-0.2, 0) is 23.6 Å². The average Bonchev–Trinajstić information content (AvgIpc) is 3.34. The number of pyridine rings is 1. The Labute approximate surface area is 164 Å². The summed E-state index contributed by atoms with van der Waals surface area (Å²) in [5, 5.41) is 0.129. The summed E-state index contributed by atoms with van der Waals surface area (Å²) in [5.41, 5.74) is 1.84. The van der Waals surface area contributed by atoms with Gasteiger partial charge in [0.05, 0.1) is 6.33 Å². The minimum atomic E-state index is -3.55. The Morgan fingerprint density at radius 2 is 2.07 bits per heavy atom. The van der Waals surface area contributed by atoms with Crippen molar-refractivity contribution in [2.45, 2.75) is 43.2 Å². The van der Waals surface area contributed by atoms with Gasteiger partial charge >= 0.3 is 0 Å². The second-order valence-electron chi connectivity index (χ2n) is 7.95. The van der Waals surface area contributed by atoms with Crippen molar-refractivity contribution in [3.8, 4) is 0 Å². The molecule has 1 unspecified atom stereocenters. The maximum Gasteiger partial charge on any atom is 0.262 e. The Morgan fingerprint density at radius 1 is 1.21 bits per heavy atom. The highest BCUT2D eigenvalue weighted by atomic mass is 32.2. The number of nitrogens with zero attached hydrogens (tertiary/aromatic N) is 6. The monoisotopic (exact) mass is 400 g/mol. The van der Waals surface area contributed by atoms with Crippen LogP contribution < -0.4 is 0 Å². The number of imidazole rings is 2. The molecule has 0 radical (unpaired) electrons. The van der Waals surface area contributed by atoms with Crippen molar-refractivity contribution in [2.24, 2.45) is 13.0 Å². The Balaban J connectivity index is 1.41. The molecule has 0 amide bonds. The lowest BCUT2D eigenvalue weighted by atomic mass is 9.99. The van der Waals surface area contributed by atoms with E-state index in [-0.39, 0.29) is 10.9 Å². The van der Waals surface area contributed by atoms with E-state index in [4.69, 9.17) is 4.98 Å². The molecule has 3 aromatic heterocycles. The average molecular weight is 401 g/mol. The Bertz CT molecular complexity index is 1110. The van der Waals surface area contributed by atoms with Gasteiger partial charge in [0, 0.05) is 45.0 Å². The number of aryl methyl sites for hydroxylation is 1. The van der Waals surface area contributed by atoms with E-state index in [2.05, 4.69) is 14.5 Å². The summed E-state index contributed by atoms with van der Waals surface area (Å²) < 4.78 is 31.4. The van der Waals surface area contributed by atoms with Crippen LogP contribution in [0.5, 0.6) is 0 Å². The van der Waals surface area contributed by atoms with E-state index in [1.165, 1.54) is 19.2 Å². The highest BCUT2D eigenvalue weighted by molar-refractivity contribution is 7.89. The molecule has 1 aliphatic heterocycles. The Kier molecular flexibility index (Phi) is 4.24. The number of piperidine rings is 1. The molecule has 0 aromatic carbocycles. The number of hydrogen-bond acceptors (Lipinski definition) is 5. The van der Waals surface area contributed by atoms with E-state index >= 15 is 0 Å². The van der Waals surface area contributed by atoms with E-state index in [9.17, 15) is 8.42 Å². The minimum Gasteiger partial charge on any atom is -0.339 e. The summed E-state index contributed by atoms with van der Waals surface area (Å²) in [7, 11) is -1.77. The van der Waals surface area contributed by atoms with Crippen LogP contribution in [0.4, 0.5) is 0 Å². The van der Waals surface area contributed by atoms with Crippen LogP contribution in [0, 0.1) is 5.92 Å². The van der Waals surface area contributed by atoms with E-state index in [1.54, 1.807) is 28.3 Å². The van der Waals surface area contributed by atoms with Gasteiger partial charge in [0.2, 0.25) is 0 Å².